The summed E-state index contributed by atoms with van der Waals surface area (Å²) >= 11 is 0. The Kier molecular flexibility index (Phi) is 5.82. The Morgan fingerprint density at radius 3 is 2.17 bits per heavy atom. The molecule has 41 heavy (non-hydrogen) atoms. The van der Waals surface area contributed by atoms with Gasteiger partial charge in [0.15, 0.2) is 0 Å². The predicted molar refractivity (Wildman–Crippen MR) is 144 cm³/mol. The molecule has 12 heteroatoms. The molecule has 0 atom stereocenters. The zero-order chi connectivity index (χ0) is 28.9. The van der Waals surface area contributed by atoms with Crippen LogP contribution in [0.4, 0.5) is 9.59 Å². The number of imide groups is 3. The van der Waals surface area contributed by atoms with Gasteiger partial charge < -0.3 is 21.1 Å². The van der Waals surface area contributed by atoms with Crippen molar-refractivity contribution in [1.82, 2.24) is 19.6 Å². The fourth-order valence-electron chi connectivity index (χ4n) is 9.23. The standard InChI is InChI=1S/C29H40N6O6/c1-32-24(38)29(34(25(32)39)15-28-10-19(11-28)41-16-28)13-27(14-29)8-6-18(7-9-27)35-23(37)20(21(30)31)22(36)33(26(35)40)12-17-4-2-3-5-17/h17-19H,2-16,30-31H2,1H3. The molecule has 4 N–H and O–H groups in total. The van der Waals surface area contributed by atoms with Crippen LogP contribution in [0, 0.1) is 16.7 Å². The summed E-state index contributed by atoms with van der Waals surface area (Å²) in [6.45, 7) is 1.46. The van der Waals surface area contributed by atoms with Gasteiger partial charge in [-0.15, -0.1) is 0 Å². The molecule has 0 unspecified atom stereocenters. The summed E-state index contributed by atoms with van der Waals surface area (Å²) in [7, 11) is 1.57. The van der Waals surface area contributed by atoms with Gasteiger partial charge in [0.1, 0.15) is 16.9 Å². The minimum Gasteiger partial charge on any atom is -0.385 e. The highest BCUT2D eigenvalue weighted by Gasteiger charge is 2.69. The molecule has 0 aromatic carbocycles. The molecule has 7 amide bonds. The zero-order valence-electron chi connectivity index (χ0n) is 23.7. The van der Waals surface area contributed by atoms with Crippen molar-refractivity contribution in [2.45, 2.75) is 94.7 Å². The highest BCUT2D eigenvalue weighted by Crippen LogP contribution is 2.63. The average Bonchev–Trinajstić information content (AvgIpc) is 3.68. The van der Waals surface area contributed by atoms with Crippen molar-refractivity contribution >= 4 is 29.8 Å². The molecule has 0 aromatic heterocycles. The van der Waals surface area contributed by atoms with Gasteiger partial charge in [0.25, 0.3) is 17.7 Å². The van der Waals surface area contributed by atoms with Gasteiger partial charge in [0, 0.05) is 31.6 Å². The number of amides is 7. The first-order valence-corrected chi connectivity index (χ1v) is 15.1. The van der Waals surface area contributed by atoms with Crippen molar-refractivity contribution in [3.63, 3.8) is 0 Å². The van der Waals surface area contributed by atoms with E-state index in [4.69, 9.17) is 16.2 Å². The zero-order valence-corrected chi connectivity index (χ0v) is 23.7. The summed E-state index contributed by atoms with van der Waals surface area (Å²) in [6, 6.07) is -1.19. The molecular formula is C29H40N6O6. The highest BCUT2D eigenvalue weighted by atomic mass is 16.5. The van der Waals surface area contributed by atoms with Gasteiger partial charge in [-0.2, -0.15) is 0 Å². The maximum atomic E-state index is 13.6. The lowest BCUT2D eigenvalue weighted by Gasteiger charge is -2.59. The highest BCUT2D eigenvalue weighted by molar-refractivity contribution is 6.29. The number of urea groups is 2. The van der Waals surface area contributed by atoms with Crippen molar-refractivity contribution in [2.24, 2.45) is 28.2 Å². The van der Waals surface area contributed by atoms with Crippen LogP contribution in [0.5, 0.6) is 0 Å². The third-order valence-corrected chi connectivity index (χ3v) is 11.4. The topological polar surface area (TPSA) is 160 Å². The molecule has 222 valence electrons. The van der Waals surface area contributed by atoms with Gasteiger partial charge in [-0.05, 0) is 75.5 Å². The number of hydrogen-bond donors (Lipinski definition) is 2. The van der Waals surface area contributed by atoms with Crippen molar-refractivity contribution in [3.8, 4) is 0 Å². The molecule has 12 nitrogen and oxygen atoms in total. The molecule has 2 spiro atoms. The quantitative estimate of drug-likeness (QED) is 0.288. The number of carbonyl (C=O) groups excluding carboxylic acids is 5. The largest absolute Gasteiger partial charge is 0.385 e. The third kappa shape index (κ3) is 3.78. The number of rotatable bonds is 5. The summed E-state index contributed by atoms with van der Waals surface area (Å²) in [5.41, 5.74) is 10.3. The number of nitrogens with zero attached hydrogens (tertiary/aromatic N) is 4. The van der Waals surface area contributed by atoms with E-state index in [1.54, 1.807) is 7.05 Å². The molecule has 8 fully saturated rings. The van der Waals surface area contributed by atoms with E-state index < -0.39 is 23.4 Å². The van der Waals surface area contributed by atoms with Gasteiger partial charge in [0.05, 0.1) is 12.7 Å². The van der Waals surface area contributed by atoms with E-state index in [2.05, 4.69) is 0 Å². The minimum atomic E-state index is -0.813. The van der Waals surface area contributed by atoms with Crippen LogP contribution < -0.4 is 11.5 Å². The number of nitrogens with two attached hydrogens (primary N) is 2. The molecule has 4 saturated heterocycles. The van der Waals surface area contributed by atoms with E-state index in [-0.39, 0.29) is 58.8 Å². The van der Waals surface area contributed by atoms with Gasteiger partial charge in [-0.3, -0.25) is 29.1 Å². The monoisotopic (exact) mass is 568 g/mol. The number of hydrogen-bond acceptors (Lipinski definition) is 8. The minimum absolute atomic E-state index is 0.0357. The predicted octanol–water partition coefficient (Wildman–Crippen LogP) is 1.63. The maximum absolute atomic E-state index is 13.6. The SMILES string of the molecule is CN1C(=O)N(CC23COC(C2)C3)C2(CC3(CCC(N4C(=O)C(=C(N)N)C(=O)N(CC5CCCC5)C4=O)CC3)C2)C1=O. The second-order valence-corrected chi connectivity index (χ2v) is 14.0. The molecule has 0 aromatic rings. The first-order chi connectivity index (χ1) is 19.5. The van der Waals surface area contributed by atoms with Crippen molar-refractivity contribution < 1.29 is 28.7 Å². The van der Waals surface area contributed by atoms with Crippen LogP contribution >= 0.6 is 0 Å². The van der Waals surface area contributed by atoms with Gasteiger partial charge in [-0.1, -0.05) is 12.8 Å². The molecule has 4 saturated carbocycles. The van der Waals surface area contributed by atoms with Crippen LogP contribution in [0.15, 0.2) is 11.4 Å². The number of carbonyl (C=O) groups is 5. The molecule has 4 aliphatic carbocycles. The van der Waals surface area contributed by atoms with Crippen LogP contribution in [-0.4, -0.2) is 93.8 Å². The van der Waals surface area contributed by atoms with Crippen molar-refractivity contribution in [1.29, 1.82) is 0 Å². The average molecular weight is 569 g/mol. The molecule has 0 radical (unpaired) electrons. The van der Waals surface area contributed by atoms with E-state index >= 15 is 0 Å². The van der Waals surface area contributed by atoms with Gasteiger partial charge in [0.2, 0.25) is 0 Å². The van der Waals surface area contributed by atoms with Crippen LogP contribution in [0.1, 0.15) is 77.0 Å². The maximum Gasteiger partial charge on any atom is 0.334 e. The molecule has 4 aliphatic heterocycles. The Morgan fingerprint density at radius 2 is 1.59 bits per heavy atom. The Labute approximate surface area is 239 Å². The summed E-state index contributed by atoms with van der Waals surface area (Å²) in [6.07, 6.45) is 9.95. The fraction of sp³-hybridized carbons (Fsp3) is 0.759. The number of likely N-dealkylation sites (N-methyl/N-ethyl adjacent to an activating group) is 1. The normalized spacial score (nSPS) is 39.0. The van der Waals surface area contributed by atoms with E-state index in [1.807, 2.05) is 4.90 Å². The van der Waals surface area contributed by atoms with Gasteiger partial charge in [-0.25, -0.2) is 9.59 Å². The molecule has 2 bridgehead atoms. The number of fused-ring (bicyclic) bond motifs is 1. The van der Waals surface area contributed by atoms with E-state index in [9.17, 15) is 24.0 Å². The Bertz CT molecular complexity index is 1240. The van der Waals surface area contributed by atoms with Crippen molar-refractivity contribution in [3.05, 3.63) is 11.4 Å². The first-order valence-electron chi connectivity index (χ1n) is 15.1. The van der Waals surface area contributed by atoms with E-state index in [1.165, 1.54) is 14.7 Å². The van der Waals surface area contributed by atoms with Crippen LogP contribution in [0.2, 0.25) is 0 Å². The smallest absolute Gasteiger partial charge is 0.334 e. The first kappa shape index (κ1) is 26.7. The summed E-state index contributed by atoms with van der Waals surface area (Å²) in [5.74, 6) is -1.68. The molecular weight excluding hydrogens is 528 g/mol. The summed E-state index contributed by atoms with van der Waals surface area (Å²) in [5, 5.41) is 0. The fourth-order valence-corrected chi connectivity index (χ4v) is 9.23. The second kappa shape index (κ2) is 8.92. The molecule has 4 heterocycles. The molecule has 8 aliphatic rings. The van der Waals surface area contributed by atoms with E-state index in [0.29, 0.717) is 38.8 Å². The van der Waals surface area contributed by atoms with Crippen molar-refractivity contribution in [2.75, 3.05) is 26.7 Å². The lowest BCUT2D eigenvalue weighted by atomic mass is 9.50. The summed E-state index contributed by atoms with van der Waals surface area (Å²) < 4.78 is 5.78. The van der Waals surface area contributed by atoms with Crippen LogP contribution in [0.25, 0.3) is 0 Å². The lowest BCUT2D eigenvalue weighted by molar-refractivity contribution is -0.152. The Balaban J connectivity index is 1.06. The number of ether oxygens (including phenoxy) is 1. The Morgan fingerprint density at radius 1 is 0.927 bits per heavy atom. The van der Waals surface area contributed by atoms with Crippen LogP contribution in [-0.2, 0) is 19.1 Å². The Hall–Kier alpha value is -3.15. The van der Waals surface area contributed by atoms with E-state index in [0.717, 1.165) is 51.4 Å². The second-order valence-electron chi connectivity index (χ2n) is 14.0. The third-order valence-electron chi connectivity index (χ3n) is 11.4. The van der Waals surface area contributed by atoms with Gasteiger partial charge >= 0.3 is 12.1 Å². The summed E-state index contributed by atoms with van der Waals surface area (Å²) in [4.78, 5) is 72.2. The molecule has 8 rings (SSSR count). The lowest BCUT2D eigenvalue weighted by Crippen LogP contribution is -2.67. The number of barbiturate groups is 1. The van der Waals surface area contributed by atoms with Crippen LogP contribution in [0.3, 0.4) is 0 Å².